The third kappa shape index (κ3) is 3.87. The second-order valence-corrected chi connectivity index (χ2v) is 4.05. The SMILES string of the molecule is CC(CBr)(C[N+](=O)[O-])Oc1ccccc1. The van der Waals surface area contributed by atoms with Gasteiger partial charge >= 0.3 is 0 Å². The third-order valence-corrected chi connectivity index (χ3v) is 3.04. The van der Waals surface area contributed by atoms with E-state index in [1.807, 2.05) is 18.2 Å². The smallest absolute Gasteiger partial charge is 0.243 e. The Hall–Kier alpha value is -1.10. The summed E-state index contributed by atoms with van der Waals surface area (Å²) in [5.41, 5.74) is -0.815. The molecule has 0 aliphatic carbocycles. The lowest BCUT2D eigenvalue weighted by Gasteiger charge is -2.24. The van der Waals surface area contributed by atoms with Crippen LogP contribution in [-0.2, 0) is 0 Å². The fourth-order valence-electron chi connectivity index (χ4n) is 1.15. The Labute approximate surface area is 96.5 Å². The fourth-order valence-corrected chi connectivity index (χ4v) is 1.44. The molecule has 5 heteroatoms. The molecule has 0 radical (unpaired) electrons. The standard InChI is InChI=1S/C10H12BrNO3/c1-10(7-11,8-12(13)14)15-9-5-3-2-4-6-9/h2-6H,7-8H2,1H3. The number of hydrogen-bond donors (Lipinski definition) is 0. The number of alkyl halides is 1. The van der Waals surface area contributed by atoms with Crippen LogP contribution >= 0.6 is 15.9 Å². The van der Waals surface area contributed by atoms with Gasteiger partial charge in [-0.15, -0.1) is 0 Å². The van der Waals surface area contributed by atoms with Gasteiger partial charge in [0.1, 0.15) is 5.75 Å². The van der Waals surface area contributed by atoms with Crippen molar-refractivity contribution < 1.29 is 9.66 Å². The van der Waals surface area contributed by atoms with E-state index in [-0.39, 0.29) is 11.5 Å². The van der Waals surface area contributed by atoms with Crippen LogP contribution in [0.4, 0.5) is 0 Å². The van der Waals surface area contributed by atoms with E-state index in [0.717, 1.165) is 0 Å². The van der Waals surface area contributed by atoms with E-state index in [0.29, 0.717) is 11.1 Å². The predicted octanol–water partition coefficient (Wildman–Crippen LogP) is 2.50. The molecule has 0 bridgehead atoms. The molecule has 0 saturated heterocycles. The normalized spacial score (nSPS) is 14.3. The number of halogens is 1. The first-order valence-corrected chi connectivity index (χ1v) is 5.60. The van der Waals surface area contributed by atoms with Crippen LogP contribution < -0.4 is 4.74 Å². The molecule has 0 aliphatic heterocycles. The largest absolute Gasteiger partial charge is 0.480 e. The van der Waals surface area contributed by atoms with E-state index in [4.69, 9.17) is 4.74 Å². The summed E-state index contributed by atoms with van der Waals surface area (Å²) in [5, 5.41) is 10.9. The number of para-hydroxylation sites is 1. The zero-order valence-electron chi connectivity index (χ0n) is 8.35. The van der Waals surface area contributed by atoms with E-state index in [1.165, 1.54) is 0 Å². The lowest BCUT2D eigenvalue weighted by molar-refractivity contribution is -0.496. The molecule has 1 unspecified atom stereocenters. The van der Waals surface area contributed by atoms with Crippen molar-refractivity contribution in [3.05, 3.63) is 40.4 Å². The first-order valence-electron chi connectivity index (χ1n) is 4.47. The Kier molecular flexibility index (Phi) is 4.08. The molecule has 0 aliphatic rings. The molecular weight excluding hydrogens is 262 g/mol. The number of ether oxygens (including phenoxy) is 1. The lowest BCUT2D eigenvalue weighted by atomic mass is 10.1. The Morgan fingerprint density at radius 2 is 2.07 bits per heavy atom. The molecule has 1 rings (SSSR count). The van der Waals surface area contributed by atoms with E-state index in [9.17, 15) is 10.1 Å². The van der Waals surface area contributed by atoms with E-state index >= 15 is 0 Å². The molecule has 82 valence electrons. The van der Waals surface area contributed by atoms with Crippen LogP contribution in [0.25, 0.3) is 0 Å². The van der Waals surface area contributed by atoms with Gasteiger partial charge in [-0.25, -0.2) is 0 Å². The van der Waals surface area contributed by atoms with Crippen molar-refractivity contribution in [2.24, 2.45) is 0 Å². The van der Waals surface area contributed by atoms with Gasteiger partial charge in [-0.1, -0.05) is 34.1 Å². The van der Waals surface area contributed by atoms with Gasteiger partial charge in [-0.2, -0.15) is 0 Å². The molecule has 1 atom stereocenters. The Morgan fingerprint density at radius 3 is 2.53 bits per heavy atom. The minimum atomic E-state index is -0.815. The minimum Gasteiger partial charge on any atom is -0.480 e. The van der Waals surface area contributed by atoms with Gasteiger partial charge in [0.15, 0.2) is 5.60 Å². The predicted molar refractivity (Wildman–Crippen MR) is 61.1 cm³/mol. The second kappa shape index (κ2) is 5.11. The van der Waals surface area contributed by atoms with Crippen LogP contribution in [0.1, 0.15) is 6.92 Å². The summed E-state index contributed by atoms with van der Waals surface area (Å²) < 4.78 is 5.57. The first kappa shape index (κ1) is 12.0. The third-order valence-electron chi connectivity index (χ3n) is 1.85. The highest BCUT2D eigenvalue weighted by Gasteiger charge is 2.31. The van der Waals surface area contributed by atoms with Crippen molar-refractivity contribution in [3.8, 4) is 5.75 Å². The maximum Gasteiger partial charge on any atom is 0.243 e. The average molecular weight is 274 g/mol. The second-order valence-electron chi connectivity index (χ2n) is 3.49. The zero-order valence-corrected chi connectivity index (χ0v) is 9.94. The molecule has 4 nitrogen and oxygen atoms in total. The van der Waals surface area contributed by atoms with Gasteiger partial charge in [-0.3, -0.25) is 10.1 Å². The summed E-state index contributed by atoms with van der Waals surface area (Å²) in [5.74, 6) is 0.640. The molecule has 0 amide bonds. The van der Waals surface area contributed by atoms with Gasteiger partial charge in [0, 0.05) is 10.3 Å². The summed E-state index contributed by atoms with van der Waals surface area (Å²) in [4.78, 5) is 10.1. The number of hydrogen-bond acceptors (Lipinski definition) is 3. The molecule has 1 aromatic rings. The number of nitrogens with zero attached hydrogens (tertiary/aromatic N) is 1. The number of rotatable bonds is 5. The summed E-state index contributed by atoms with van der Waals surface area (Å²) in [6.45, 7) is 1.48. The Morgan fingerprint density at radius 1 is 1.47 bits per heavy atom. The molecule has 0 fully saturated rings. The van der Waals surface area contributed by atoms with Crippen molar-refractivity contribution in [2.75, 3.05) is 11.9 Å². The number of benzene rings is 1. The van der Waals surface area contributed by atoms with Crippen LogP contribution in [0.2, 0.25) is 0 Å². The Bertz CT molecular complexity index is 331. The monoisotopic (exact) mass is 273 g/mol. The average Bonchev–Trinajstić information content (AvgIpc) is 2.18. The van der Waals surface area contributed by atoms with Crippen LogP contribution in [0.5, 0.6) is 5.75 Å². The molecule has 0 spiro atoms. The summed E-state index contributed by atoms with van der Waals surface area (Å²) in [6, 6.07) is 9.08. The van der Waals surface area contributed by atoms with Gasteiger partial charge in [0.2, 0.25) is 6.54 Å². The van der Waals surface area contributed by atoms with Crippen LogP contribution in [0.15, 0.2) is 30.3 Å². The summed E-state index contributed by atoms with van der Waals surface area (Å²) in [6.07, 6.45) is 0. The van der Waals surface area contributed by atoms with Crippen molar-refractivity contribution in [1.29, 1.82) is 0 Å². The minimum absolute atomic E-state index is 0.229. The summed E-state index contributed by atoms with van der Waals surface area (Å²) >= 11 is 3.23. The molecule has 0 saturated carbocycles. The zero-order chi connectivity index (χ0) is 11.3. The highest BCUT2D eigenvalue weighted by atomic mass is 79.9. The van der Waals surface area contributed by atoms with Crippen LogP contribution in [0.3, 0.4) is 0 Å². The van der Waals surface area contributed by atoms with E-state index in [2.05, 4.69) is 15.9 Å². The van der Waals surface area contributed by atoms with Crippen molar-refractivity contribution in [2.45, 2.75) is 12.5 Å². The van der Waals surface area contributed by atoms with E-state index in [1.54, 1.807) is 19.1 Å². The fraction of sp³-hybridized carbons (Fsp3) is 0.400. The first-order chi connectivity index (χ1) is 7.06. The summed E-state index contributed by atoms with van der Waals surface area (Å²) in [7, 11) is 0. The quantitative estimate of drug-likeness (QED) is 0.471. The van der Waals surface area contributed by atoms with Gasteiger partial charge in [-0.05, 0) is 19.1 Å². The highest BCUT2D eigenvalue weighted by molar-refractivity contribution is 9.09. The molecule has 0 aromatic heterocycles. The molecule has 1 aromatic carbocycles. The van der Waals surface area contributed by atoms with Crippen molar-refractivity contribution in [1.82, 2.24) is 0 Å². The maximum absolute atomic E-state index is 10.5. The van der Waals surface area contributed by atoms with Gasteiger partial charge in [0.25, 0.3) is 0 Å². The molecule has 15 heavy (non-hydrogen) atoms. The van der Waals surface area contributed by atoms with Crippen molar-refractivity contribution in [3.63, 3.8) is 0 Å². The molecule has 0 N–H and O–H groups in total. The van der Waals surface area contributed by atoms with E-state index < -0.39 is 5.60 Å². The molecule has 0 heterocycles. The highest BCUT2D eigenvalue weighted by Crippen LogP contribution is 2.20. The maximum atomic E-state index is 10.5. The Balaban J connectivity index is 2.72. The van der Waals surface area contributed by atoms with Crippen LogP contribution in [-0.4, -0.2) is 22.4 Å². The van der Waals surface area contributed by atoms with Crippen molar-refractivity contribution >= 4 is 15.9 Å². The molecular formula is C10H12BrNO3. The topological polar surface area (TPSA) is 52.4 Å². The number of nitro groups is 1. The lowest BCUT2D eigenvalue weighted by Crippen LogP contribution is -2.41. The van der Waals surface area contributed by atoms with Gasteiger partial charge < -0.3 is 4.74 Å². The van der Waals surface area contributed by atoms with Crippen LogP contribution in [0, 0.1) is 10.1 Å². The van der Waals surface area contributed by atoms with Gasteiger partial charge in [0.05, 0.1) is 0 Å².